The van der Waals surface area contributed by atoms with Gasteiger partial charge >= 0.3 is 0 Å². The van der Waals surface area contributed by atoms with Crippen LogP contribution in [0.4, 0.5) is 0 Å². The molecular formula is C9H14N2O2S. The van der Waals surface area contributed by atoms with E-state index >= 15 is 0 Å². The van der Waals surface area contributed by atoms with Gasteiger partial charge in [-0.05, 0) is 23.6 Å². The van der Waals surface area contributed by atoms with Gasteiger partial charge < -0.3 is 0 Å². The van der Waals surface area contributed by atoms with Crippen molar-refractivity contribution in [2.24, 2.45) is 11.1 Å². The van der Waals surface area contributed by atoms with Crippen LogP contribution < -0.4 is 5.14 Å². The van der Waals surface area contributed by atoms with Gasteiger partial charge in [-0.15, -0.1) is 0 Å². The molecular weight excluding hydrogens is 200 g/mol. The van der Waals surface area contributed by atoms with Gasteiger partial charge in [-0.2, -0.15) is 0 Å². The molecule has 0 fully saturated rings. The zero-order chi connectivity index (χ0) is 10.8. The molecule has 14 heavy (non-hydrogen) atoms. The van der Waals surface area contributed by atoms with Crippen LogP contribution in [0.1, 0.15) is 24.7 Å². The molecule has 5 heteroatoms. The Hall–Kier alpha value is -0.940. The molecule has 0 spiro atoms. The van der Waals surface area contributed by atoms with Gasteiger partial charge in [0.15, 0.2) is 0 Å². The zero-order valence-electron chi connectivity index (χ0n) is 8.21. The molecule has 0 amide bonds. The van der Waals surface area contributed by atoms with Crippen LogP contribution in [0, 0.1) is 5.92 Å². The van der Waals surface area contributed by atoms with E-state index in [9.17, 15) is 8.42 Å². The zero-order valence-corrected chi connectivity index (χ0v) is 9.03. The lowest BCUT2D eigenvalue weighted by molar-refractivity contribution is 0.541. The highest BCUT2D eigenvalue weighted by atomic mass is 32.2. The third-order valence-corrected chi connectivity index (χ3v) is 3.52. The van der Waals surface area contributed by atoms with E-state index in [2.05, 4.69) is 4.98 Å². The molecule has 1 heterocycles. The van der Waals surface area contributed by atoms with E-state index in [0.29, 0.717) is 5.56 Å². The molecule has 1 aromatic rings. The van der Waals surface area contributed by atoms with Crippen molar-refractivity contribution in [1.29, 1.82) is 0 Å². The minimum absolute atomic E-state index is 0.0487. The topological polar surface area (TPSA) is 73.0 Å². The van der Waals surface area contributed by atoms with Crippen LogP contribution in [-0.4, -0.2) is 13.4 Å². The second-order valence-corrected chi connectivity index (χ2v) is 5.22. The van der Waals surface area contributed by atoms with E-state index in [1.54, 1.807) is 24.5 Å². The Labute approximate surface area is 84.2 Å². The average Bonchev–Trinajstić information content (AvgIpc) is 2.02. The van der Waals surface area contributed by atoms with Crippen LogP contribution in [0.25, 0.3) is 0 Å². The summed E-state index contributed by atoms with van der Waals surface area (Å²) in [6, 6.07) is 3.35. The number of aromatic nitrogens is 1. The Morgan fingerprint density at radius 3 is 2.14 bits per heavy atom. The van der Waals surface area contributed by atoms with Gasteiger partial charge in [-0.1, -0.05) is 13.8 Å². The predicted molar refractivity (Wildman–Crippen MR) is 54.9 cm³/mol. The number of primary sulfonamides is 1. The molecule has 4 nitrogen and oxygen atoms in total. The van der Waals surface area contributed by atoms with E-state index in [0.717, 1.165) is 0 Å². The lowest BCUT2D eigenvalue weighted by Crippen LogP contribution is -2.25. The summed E-state index contributed by atoms with van der Waals surface area (Å²) >= 11 is 0. The molecule has 0 bridgehead atoms. The largest absolute Gasteiger partial charge is 0.265 e. The smallest absolute Gasteiger partial charge is 0.216 e. The van der Waals surface area contributed by atoms with Crippen molar-refractivity contribution in [3.8, 4) is 0 Å². The van der Waals surface area contributed by atoms with Crippen molar-refractivity contribution in [3.05, 3.63) is 30.1 Å². The van der Waals surface area contributed by atoms with Crippen LogP contribution in [0.3, 0.4) is 0 Å². The van der Waals surface area contributed by atoms with Gasteiger partial charge in [0.1, 0.15) is 5.25 Å². The summed E-state index contributed by atoms with van der Waals surface area (Å²) in [6.45, 7) is 3.66. The molecule has 1 aromatic heterocycles. The van der Waals surface area contributed by atoms with Crippen molar-refractivity contribution in [1.82, 2.24) is 4.98 Å². The summed E-state index contributed by atoms with van der Waals surface area (Å²) < 4.78 is 22.7. The van der Waals surface area contributed by atoms with Crippen molar-refractivity contribution in [2.75, 3.05) is 0 Å². The van der Waals surface area contributed by atoms with Gasteiger partial charge in [-0.3, -0.25) is 4.98 Å². The molecule has 1 unspecified atom stereocenters. The minimum Gasteiger partial charge on any atom is -0.265 e. The van der Waals surface area contributed by atoms with Crippen LogP contribution in [0.5, 0.6) is 0 Å². The maximum Gasteiger partial charge on any atom is 0.216 e. The lowest BCUT2D eigenvalue weighted by atomic mass is 10.0. The Morgan fingerprint density at radius 2 is 1.79 bits per heavy atom. The fraction of sp³-hybridized carbons (Fsp3) is 0.444. The van der Waals surface area contributed by atoms with E-state index < -0.39 is 15.3 Å². The van der Waals surface area contributed by atoms with Crippen molar-refractivity contribution in [3.63, 3.8) is 0 Å². The fourth-order valence-electron chi connectivity index (χ4n) is 1.51. The standard InChI is InChI=1S/C9H14N2O2S/c1-7(2)9(14(10,12)13)8-3-5-11-6-4-8/h3-7,9H,1-2H3,(H2,10,12,13). The number of pyridine rings is 1. The number of nitrogens with two attached hydrogens (primary N) is 1. The SMILES string of the molecule is CC(C)C(c1ccncc1)S(N)(=O)=O. The number of rotatable bonds is 3. The minimum atomic E-state index is -3.55. The number of sulfonamides is 1. The van der Waals surface area contributed by atoms with E-state index in [4.69, 9.17) is 5.14 Å². The van der Waals surface area contributed by atoms with Gasteiger partial charge in [0.2, 0.25) is 10.0 Å². The highest BCUT2D eigenvalue weighted by Gasteiger charge is 2.26. The molecule has 0 radical (unpaired) electrons. The normalized spacial score (nSPS) is 14.3. The maximum atomic E-state index is 11.3. The third-order valence-electron chi connectivity index (χ3n) is 1.99. The Kier molecular flexibility index (Phi) is 3.23. The molecule has 0 aliphatic rings. The molecule has 0 saturated heterocycles. The molecule has 0 aliphatic heterocycles. The first kappa shape index (κ1) is 11.1. The summed E-state index contributed by atoms with van der Waals surface area (Å²) in [5.74, 6) is -0.0487. The predicted octanol–water partition coefficient (Wildman–Crippen LogP) is 1.07. The first-order valence-corrected chi connectivity index (χ1v) is 5.95. The maximum absolute atomic E-state index is 11.3. The second kappa shape index (κ2) is 4.06. The monoisotopic (exact) mass is 214 g/mol. The Morgan fingerprint density at radius 1 is 1.29 bits per heavy atom. The summed E-state index contributed by atoms with van der Waals surface area (Å²) in [6.07, 6.45) is 3.13. The molecule has 1 rings (SSSR count). The average molecular weight is 214 g/mol. The van der Waals surface area contributed by atoms with Gasteiger partial charge in [0.25, 0.3) is 0 Å². The quantitative estimate of drug-likeness (QED) is 0.817. The Bertz CT molecular complexity index is 387. The molecule has 1 atom stereocenters. The van der Waals surface area contributed by atoms with E-state index in [-0.39, 0.29) is 5.92 Å². The van der Waals surface area contributed by atoms with Crippen LogP contribution >= 0.6 is 0 Å². The molecule has 0 aromatic carbocycles. The fourth-order valence-corrected chi connectivity index (χ4v) is 2.80. The summed E-state index contributed by atoms with van der Waals surface area (Å²) in [5, 5.41) is 4.52. The van der Waals surface area contributed by atoms with Crippen molar-refractivity contribution >= 4 is 10.0 Å². The first-order valence-electron chi connectivity index (χ1n) is 4.34. The summed E-state index contributed by atoms with van der Waals surface area (Å²) in [4.78, 5) is 3.83. The van der Waals surface area contributed by atoms with E-state index in [1.165, 1.54) is 0 Å². The highest BCUT2D eigenvalue weighted by Crippen LogP contribution is 2.27. The lowest BCUT2D eigenvalue weighted by Gasteiger charge is -2.18. The van der Waals surface area contributed by atoms with Crippen molar-refractivity contribution < 1.29 is 8.42 Å². The number of hydrogen-bond acceptors (Lipinski definition) is 3. The van der Waals surface area contributed by atoms with Gasteiger partial charge in [0, 0.05) is 12.4 Å². The highest BCUT2D eigenvalue weighted by molar-refractivity contribution is 7.89. The van der Waals surface area contributed by atoms with Crippen LogP contribution in [0.15, 0.2) is 24.5 Å². The number of hydrogen-bond donors (Lipinski definition) is 1. The third kappa shape index (κ3) is 2.52. The molecule has 78 valence electrons. The van der Waals surface area contributed by atoms with E-state index in [1.807, 2.05) is 13.8 Å². The second-order valence-electron chi connectivity index (χ2n) is 3.53. The van der Waals surface area contributed by atoms with Crippen LogP contribution in [-0.2, 0) is 10.0 Å². The summed E-state index contributed by atoms with van der Waals surface area (Å²) in [5.41, 5.74) is 0.692. The summed E-state index contributed by atoms with van der Waals surface area (Å²) in [7, 11) is -3.55. The van der Waals surface area contributed by atoms with Crippen molar-refractivity contribution in [2.45, 2.75) is 19.1 Å². The van der Waals surface area contributed by atoms with Crippen LogP contribution in [0.2, 0.25) is 0 Å². The number of nitrogens with zero attached hydrogens (tertiary/aromatic N) is 1. The Balaban J connectivity index is 3.15. The first-order chi connectivity index (χ1) is 6.43. The molecule has 0 aliphatic carbocycles. The molecule has 0 saturated carbocycles. The van der Waals surface area contributed by atoms with Gasteiger partial charge in [-0.25, -0.2) is 13.6 Å². The van der Waals surface area contributed by atoms with Gasteiger partial charge in [0.05, 0.1) is 0 Å². The molecule has 2 N–H and O–H groups in total.